The van der Waals surface area contributed by atoms with E-state index < -0.39 is 0 Å². The molecule has 1 aliphatic carbocycles. The van der Waals surface area contributed by atoms with Crippen LogP contribution in [-0.2, 0) is 4.74 Å². The molecule has 1 aliphatic rings. The van der Waals surface area contributed by atoms with Gasteiger partial charge >= 0.3 is 6.02 Å². The van der Waals surface area contributed by atoms with E-state index >= 15 is 0 Å². The molecule has 0 heterocycles. The number of aliphatic imine (C=N–C) groups is 1. The van der Waals surface area contributed by atoms with Crippen molar-refractivity contribution in [3.63, 3.8) is 0 Å². The van der Waals surface area contributed by atoms with Gasteiger partial charge in [0.2, 0.25) is 0 Å². The van der Waals surface area contributed by atoms with E-state index in [1.54, 1.807) is 0 Å². The highest BCUT2D eigenvalue weighted by atomic mass is 16.5. The molecule has 0 aromatic heterocycles. The maximum atomic E-state index is 7.38. The van der Waals surface area contributed by atoms with Gasteiger partial charge in [0, 0.05) is 12.0 Å². The molecule has 0 unspecified atom stereocenters. The number of hydrogen-bond acceptors (Lipinski definition) is 3. The Hall–Kier alpha value is -0.900. The summed E-state index contributed by atoms with van der Waals surface area (Å²) in [5.74, 6) is 0. The number of nitrogens with zero attached hydrogens (tertiary/aromatic N) is 2. The molecule has 4 nitrogen and oxygen atoms in total. The maximum Gasteiger partial charge on any atom is 0.308 e. The van der Waals surface area contributed by atoms with Crippen LogP contribution < -0.4 is 0 Å². The second-order valence-electron chi connectivity index (χ2n) is 5.74. The van der Waals surface area contributed by atoms with Gasteiger partial charge in [0.15, 0.2) is 0 Å². The van der Waals surface area contributed by atoms with Gasteiger partial charge in [0.05, 0.1) is 6.61 Å². The van der Waals surface area contributed by atoms with Gasteiger partial charge < -0.3 is 9.64 Å². The van der Waals surface area contributed by atoms with Gasteiger partial charge in [0.1, 0.15) is 0 Å². The SMILES string of the molecule is C=NC(=N)OCC1(CN(CCC)CCCCC)CC1. The average Bonchev–Trinajstić information content (AvgIpc) is 3.17. The second kappa shape index (κ2) is 8.31. The molecule has 1 rings (SSSR count). The highest BCUT2D eigenvalue weighted by Crippen LogP contribution is 2.46. The first-order valence-corrected chi connectivity index (χ1v) is 7.56. The van der Waals surface area contributed by atoms with E-state index in [1.165, 1.54) is 51.6 Å². The van der Waals surface area contributed by atoms with Crippen molar-refractivity contribution in [2.24, 2.45) is 10.4 Å². The zero-order chi connectivity index (χ0) is 14.1. The van der Waals surface area contributed by atoms with Crippen LogP contribution in [0, 0.1) is 10.8 Å². The molecule has 0 aromatic rings. The van der Waals surface area contributed by atoms with Crippen molar-refractivity contribution in [3.05, 3.63) is 0 Å². The standard InChI is InChI=1S/C15H29N3O/c1-4-6-7-11-18(10-5-2)12-15(8-9-15)13-19-14(16)17-3/h16H,3-13H2,1-2H3. The number of hydrogen-bond donors (Lipinski definition) is 1. The zero-order valence-corrected chi connectivity index (χ0v) is 12.6. The van der Waals surface area contributed by atoms with Crippen LogP contribution in [0.5, 0.6) is 0 Å². The third-order valence-corrected chi connectivity index (χ3v) is 3.79. The lowest BCUT2D eigenvalue weighted by Crippen LogP contribution is -2.34. The van der Waals surface area contributed by atoms with Crippen LogP contribution in [-0.4, -0.2) is 43.9 Å². The third-order valence-electron chi connectivity index (χ3n) is 3.79. The van der Waals surface area contributed by atoms with Crippen LogP contribution in [0.1, 0.15) is 52.4 Å². The van der Waals surface area contributed by atoms with Crippen LogP contribution in [0.3, 0.4) is 0 Å². The first kappa shape index (κ1) is 16.2. The zero-order valence-electron chi connectivity index (χ0n) is 12.6. The summed E-state index contributed by atoms with van der Waals surface area (Å²) in [5.41, 5.74) is 0.276. The van der Waals surface area contributed by atoms with Gasteiger partial charge in [-0.3, -0.25) is 0 Å². The minimum absolute atomic E-state index is 0.0423. The molecule has 0 radical (unpaired) electrons. The van der Waals surface area contributed by atoms with Crippen molar-refractivity contribution < 1.29 is 4.74 Å². The summed E-state index contributed by atoms with van der Waals surface area (Å²) in [4.78, 5) is 6.06. The van der Waals surface area contributed by atoms with Gasteiger partial charge in [-0.05, 0) is 45.5 Å². The highest BCUT2D eigenvalue weighted by Gasteiger charge is 2.44. The molecule has 110 valence electrons. The first-order valence-electron chi connectivity index (χ1n) is 7.56. The van der Waals surface area contributed by atoms with Crippen molar-refractivity contribution >= 4 is 12.7 Å². The predicted octanol–water partition coefficient (Wildman–Crippen LogP) is 3.32. The minimum Gasteiger partial charge on any atom is -0.463 e. The molecule has 0 aliphatic heterocycles. The fourth-order valence-corrected chi connectivity index (χ4v) is 2.44. The molecule has 0 amide bonds. The summed E-state index contributed by atoms with van der Waals surface area (Å²) in [6.07, 6.45) is 7.51. The smallest absolute Gasteiger partial charge is 0.308 e. The van der Waals surface area contributed by atoms with E-state index in [-0.39, 0.29) is 11.4 Å². The van der Waals surface area contributed by atoms with Gasteiger partial charge in [-0.2, -0.15) is 0 Å². The Bertz CT molecular complexity index is 287. The summed E-state index contributed by atoms with van der Waals surface area (Å²) < 4.78 is 5.35. The summed E-state index contributed by atoms with van der Waals surface area (Å²) in [6, 6.07) is -0.0423. The molecule has 0 bridgehead atoms. The van der Waals surface area contributed by atoms with Crippen LogP contribution in [0.2, 0.25) is 0 Å². The van der Waals surface area contributed by atoms with Gasteiger partial charge in [-0.15, -0.1) is 0 Å². The molecule has 4 heteroatoms. The molecule has 1 fully saturated rings. The highest BCUT2D eigenvalue weighted by molar-refractivity contribution is 5.75. The minimum atomic E-state index is -0.0423. The molecule has 1 saturated carbocycles. The van der Waals surface area contributed by atoms with Crippen LogP contribution in [0.25, 0.3) is 0 Å². The quantitative estimate of drug-likeness (QED) is 0.375. The summed E-state index contributed by atoms with van der Waals surface area (Å²) in [5, 5.41) is 7.38. The topological polar surface area (TPSA) is 48.7 Å². The van der Waals surface area contributed by atoms with Crippen LogP contribution >= 0.6 is 0 Å². The Morgan fingerprint density at radius 3 is 2.53 bits per heavy atom. The molecule has 1 N–H and O–H groups in total. The molecular weight excluding hydrogens is 238 g/mol. The van der Waals surface area contributed by atoms with Crippen molar-refractivity contribution in [1.29, 1.82) is 5.41 Å². The largest absolute Gasteiger partial charge is 0.463 e. The number of rotatable bonds is 10. The fraction of sp³-hybridized carbons (Fsp3) is 0.867. The predicted molar refractivity (Wildman–Crippen MR) is 81.2 cm³/mol. The van der Waals surface area contributed by atoms with Gasteiger partial charge in [-0.25, -0.2) is 10.4 Å². The third kappa shape index (κ3) is 6.19. The molecule has 19 heavy (non-hydrogen) atoms. The van der Waals surface area contributed by atoms with E-state index in [1.807, 2.05) is 0 Å². The lowest BCUT2D eigenvalue weighted by Gasteiger charge is -2.27. The Labute approximate surface area is 117 Å². The molecule has 0 aromatic carbocycles. The van der Waals surface area contributed by atoms with E-state index in [9.17, 15) is 0 Å². The van der Waals surface area contributed by atoms with Crippen molar-refractivity contribution in [2.75, 3.05) is 26.2 Å². The van der Waals surface area contributed by atoms with Crippen LogP contribution in [0.15, 0.2) is 4.99 Å². The Balaban J connectivity index is 2.34. The summed E-state index contributed by atoms with van der Waals surface area (Å²) in [6.45, 7) is 11.9. The average molecular weight is 267 g/mol. The van der Waals surface area contributed by atoms with Gasteiger partial charge in [0.25, 0.3) is 0 Å². The fourth-order valence-electron chi connectivity index (χ4n) is 2.44. The number of amidine groups is 1. The summed E-state index contributed by atoms with van der Waals surface area (Å²) in [7, 11) is 0. The Morgan fingerprint density at radius 2 is 2.00 bits per heavy atom. The first-order chi connectivity index (χ1) is 9.15. The molecular formula is C15H29N3O. The molecule has 0 spiro atoms. The lowest BCUT2D eigenvalue weighted by atomic mass is 10.1. The number of unbranched alkanes of at least 4 members (excludes halogenated alkanes) is 2. The number of ether oxygens (including phenoxy) is 1. The van der Waals surface area contributed by atoms with Crippen LogP contribution in [0.4, 0.5) is 0 Å². The van der Waals surface area contributed by atoms with Crippen molar-refractivity contribution in [2.45, 2.75) is 52.4 Å². The summed E-state index contributed by atoms with van der Waals surface area (Å²) >= 11 is 0. The number of nitrogens with one attached hydrogen (secondary N) is 1. The Kier molecular flexibility index (Phi) is 7.06. The maximum absolute atomic E-state index is 7.38. The van der Waals surface area contributed by atoms with E-state index in [4.69, 9.17) is 10.1 Å². The normalized spacial score (nSPS) is 16.4. The molecule has 0 atom stereocenters. The second-order valence-corrected chi connectivity index (χ2v) is 5.74. The van der Waals surface area contributed by atoms with Crippen molar-refractivity contribution in [3.8, 4) is 0 Å². The monoisotopic (exact) mass is 267 g/mol. The molecule has 0 saturated heterocycles. The van der Waals surface area contributed by atoms with E-state index in [0.29, 0.717) is 6.61 Å². The Morgan fingerprint density at radius 1 is 1.26 bits per heavy atom. The van der Waals surface area contributed by atoms with Gasteiger partial charge in [-0.1, -0.05) is 26.7 Å². The van der Waals surface area contributed by atoms with E-state index in [2.05, 4.69) is 30.5 Å². The van der Waals surface area contributed by atoms with Crippen molar-refractivity contribution in [1.82, 2.24) is 4.90 Å². The lowest BCUT2D eigenvalue weighted by molar-refractivity contribution is 0.151. The van der Waals surface area contributed by atoms with E-state index in [0.717, 1.165) is 6.54 Å².